The van der Waals surface area contributed by atoms with Gasteiger partial charge in [-0.3, -0.25) is 0 Å². The highest BCUT2D eigenvalue weighted by Gasteiger charge is 2.28. The van der Waals surface area contributed by atoms with E-state index in [1.807, 2.05) is 0 Å². The van der Waals surface area contributed by atoms with Gasteiger partial charge in [-0.15, -0.1) is 12.2 Å². The Morgan fingerprint density at radius 3 is 1.25 bits per heavy atom. The van der Waals surface area contributed by atoms with E-state index in [9.17, 15) is 0 Å². The zero-order chi connectivity index (χ0) is 15.9. The molecule has 114 valence electrons. The lowest BCUT2D eigenvalue weighted by Gasteiger charge is -2.33. The van der Waals surface area contributed by atoms with Crippen molar-refractivity contribution < 1.29 is 0 Å². The summed E-state index contributed by atoms with van der Waals surface area (Å²) < 4.78 is 0. The molecule has 1 aromatic carbocycles. The van der Waals surface area contributed by atoms with Crippen molar-refractivity contribution in [2.45, 2.75) is 78.6 Å². The molecule has 0 amide bonds. The lowest BCUT2D eigenvalue weighted by molar-refractivity contribution is 0.554. The van der Waals surface area contributed by atoms with Crippen molar-refractivity contribution in [1.29, 1.82) is 0 Å². The summed E-state index contributed by atoms with van der Waals surface area (Å²) >= 11 is 4.65. The summed E-state index contributed by atoms with van der Waals surface area (Å²) in [6.45, 7) is 20.7. The monoisotopic (exact) mass is 310 g/mol. The van der Waals surface area contributed by atoms with Crippen molar-refractivity contribution in [2.75, 3.05) is 0 Å². The third-order valence-corrected chi connectivity index (χ3v) is 5.17. The first-order chi connectivity index (χ1) is 8.78. The molecule has 0 aromatic heterocycles. The lowest BCUT2D eigenvalue weighted by Crippen LogP contribution is -2.29. The van der Waals surface area contributed by atoms with E-state index in [0.29, 0.717) is 7.78 Å². The number of rotatable bonds is 1. The molecule has 1 atom stereocenters. The summed E-state index contributed by atoms with van der Waals surface area (Å²) in [5, 5.41) is 1.45. The van der Waals surface area contributed by atoms with Crippen molar-refractivity contribution >= 4 is 25.3 Å². The molecule has 0 saturated carbocycles. The predicted octanol–water partition coefficient (Wildman–Crippen LogP) is 5.73. The van der Waals surface area contributed by atoms with Crippen LogP contribution in [0.5, 0.6) is 0 Å². The molecule has 0 aliphatic rings. The minimum absolute atomic E-state index is 0.159. The standard InChI is InChI=1S/C18H31PS/c1-16(2,3)12-10-13(17(4,5)6)15(19-20)14(11-12)18(7,8)9/h10-11,19-20H,1-9H3. The molecule has 2 heteroatoms. The topological polar surface area (TPSA) is 0 Å². The van der Waals surface area contributed by atoms with Crippen LogP contribution < -0.4 is 5.30 Å². The molecule has 0 N–H and O–H groups in total. The zero-order valence-electron chi connectivity index (χ0n) is 14.6. The molecule has 20 heavy (non-hydrogen) atoms. The van der Waals surface area contributed by atoms with Gasteiger partial charge in [-0.2, -0.15) is 0 Å². The van der Waals surface area contributed by atoms with Crippen LogP contribution in [0, 0.1) is 0 Å². The van der Waals surface area contributed by atoms with Gasteiger partial charge in [0.1, 0.15) is 0 Å². The van der Waals surface area contributed by atoms with Gasteiger partial charge in [-0.1, -0.05) is 74.4 Å². The third kappa shape index (κ3) is 4.01. The van der Waals surface area contributed by atoms with E-state index in [2.05, 4.69) is 86.7 Å². The Kier molecular flexibility index (Phi) is 5.10. The van der Waals surface area contributed by atoms with Gasteiger partial charge in [0, 0.05) is 0 Å². The molecule has 0 aliphatic heterocycles. The fraction of sp³-hybridized carbons (Fsp3) is 0.667. The van der Waals surface area contributed by atoms with Crippen LogP contribution >= 0.6 is 20.0 Å². The Labute approximate surface area is 133 Å². The second-order valence-corrected chi connectivity index (χ2v) is 10.2. The van der Waals surface area contributed by atoms with Crippen molar-refractivity contribution in [1.82, 2.24) is 0 Å². The fourth-order valence-corrected chi connectivity index (χ4v) is 4.24. The number of benzene rings is 1. The Morgan fingerprint density at radius 1 is 0.700 bits per heavy atom. The Morgan fingerprint density at radius 2 is 1.05 bits per heavy atom. The molecule has 0 aliphatic carbocycles. The van der Waals surface area contributed by atoms with Crippen molar-refractivity contribution in [3.8, 4) is 0 Å². The predicted molar refractivity (Wildman–Crippen MR) is 99.5 cm³/mol. The quantitative estimate of drug-likeness (QED) is 0.497. The van der Waals surface area contributed by atoms with Crippen LogP contribution in [0.3, 0.4) is 0 Å². The molecule has 0 saturated heterocycles. The van der Waals surface area contributed by atoms with Crippen LogP contribution in [0.1, 0.15) is 79.0 Å². The maximum Gasteiger partial charge on any atom is -0.00950 e. The van der Waals surface area contributed by atoms with Crippen LogP contribution in [0.15, 0.2) is 12.1 Å². The first kappa shape index (κ1) is 18.1. The molecule has 0 bridgehead atoms. The zero-order valence-corrected chi connectivity index (χ0v) is 16.5. The van der Waals surface area contributed by atoms with Gasteiger partial charge in [0.15, 0.2) is 0 Å². The third-order valence-electron chi connectivity index (χ3n) is 3.73. The normalized spacial score (nSPS) is 14.3. The molecule has 1 rings (SSSR count). The van der Waals surface area contributed by atoms with Gasteiger partial charge in [-0.05, 0) is 46.0 Å². The van der Waals surface area contributed by atoms with Crippen molar-refractivity contribution in [2.24, 2.45) is 0 Å². The molecule has 0 fully saturated rings. The largest absolute Gasteiger partial charge is 0.150 e. The molecule has 1 aromatic rings. The van der Waals surface area contributed by atoms with E-state index in [4.69, 9.17) is 0 Å². The van der Waals surface area contributed by atoms with Crippen molar-refractivity contribution in [3.05, 3.63) is 28.8 Å². The van der Waals surface area contributed by atoms with Crippen molar-refractivity contribution in [3.63, 3.8) is 0 Å². The van der Waals surface area contributed by atoms with E-state index in [1.54, 1.807) is 0 Å². The van der Waals surface area contributed by atoms with Gasteiger partial charge in [-0.25, -0.2) is 0 Å². The van der Waals surface area contributed by atoms with Gasteiger partial charge < -0.3 is 0 Å². The fourth-order valence-electron chi connectivity index (χ4n) is 2.38. The summed E-state index contributed by atoms with van der Waals surface area (Å²) in [6, 6.07) is 4.82. The van der Waals surface area contributed by atoms with Gasteiger partial charge in [0.05, 0.1) is 0 Å². The van der Waals surface area contributed by atoms with Crippen LogP contribution in [0.2, 0.25) is 0 Å². The molecular weight excluding hydrogens is 279 g/mol. The SMILES string of the molecule is CC(C)(C)c1cc(C(C)(C)C)c(PS)c(C(C)(C)C)c1. The minimum atomic E-state index is 0.159. The van der Waals surface area contributed by atoms with Gasteiger partial charge in [0.2, 0.25) is 0 Å². The summed E-state index contributed by atoms with van der Waals surface area (Å²) in [5.41, 5.74) is 4.85. The molecule has 0 nitrogen and oxygen atoms in total. The lowest BCUT2D eigenvalue weighted by atomic mass is 9.75. The summed E-state index contributed by atoms with van der Waals surface area (Å²) in [6.07, 6.45) is 0. The molecule has 1 unspecified atom stereocenters. The highest BCUT2D eigenvalue weighted by atomic mass is 32.7. The maximum atomic E-state index is 4.65. The van der Waals surface area contributed by atoms with Crippen LogP contribution in [0.4, 0.5) is 0 Å². The highest BCUT2D eigenvalue weighted by Crippen LogP contribution is 2.37. The van der Waals surface area contributed by atoms with E-state index in [1.165, 1.54) is 22.0 Å². The number of thiol groups is 1. The molecule has 0 heterocycles. The first-order valence-electron chi connectivity index (χ1n) is 7.38. The molecule has 0 radical (unpaired) electrons. The highest BCUT2D eigenvalue weighted by molar-refractivity contribution is 8.40. The smallest absolute Gasteiger partial charge is 0.00950 e. The maximum absolute atomic E-state index is 4.65. The van der Waals surface area contributed by atoms with E-state index >= 15 is 0 Å². The Hall–Kier alpha value is -0.0000000000000000555. The van der Waals surface area contributed by atoms with Gasteiger partial charge >= 0.3 is 0 Å². The van der Waals surface area contributed by atoms with Crippen LogP contribution in [0.25, 0.3) is 0 Å². The van der Waals surface area contributed by atoms with Crippen LogP contribution in [-0.2, 0) is 16.2 Å². The first-order valence-corrected chi connectivity index (χ1v) is 9.67. The Bertz CT molecular complexity index is 447. The van der Waals surface area contributed by atoms with E-state index in [-0.39, 0.29) is 16.2 Å². The second kappa shape index (κ2) is 5.65. The van der Waals surface area contributed by atoms with Gasteiger partial charge in [0.25, 0.3) is 0 Å². The average molecular weight is 310 g/mol. The van der Waals surface area contributed by atoms with E-state index in [0.717, 1.165) is 0 Å². The van der Waals surface area contributed by atoms with E-state index < -0.39 is 0 Å². The average Bonchev–Trinajstić information content (AvgIpc) is 2.23. The molecular formula is C18H31PS. The number of hydrogen-bond donors (Lipinski definition) is 1. The molecule has 0 spiro atoms. The summed E-state index contributed by atoms with van der Waals surface area (Å²) in [7, 11) is 0.549. The summed E-state index contributed by atoms with van der Waals surface area (Å²) in [4.78, 5) is 0. The number of hydrogen-bond acceptors (Lipinski definition) is 1. The second-order valence-electron chi connectivity index (χ2n) is 8.81. The van der Waals surface area contributed by atoms with Crippen LogP contribution in [-0.4, -0.2) is 0 Å². The Balaban J connectivity index is 3.75. The summed E-state index contributed by atoms with van der Waals surface area (Å²) in [5.74, 6) is 0. The minimum Gasteiger partial charge on any atom is -0.150 e.